The van der Waals surface area contributed by atoms with Gasteiger partial charge in [0.1, 0.15) is 0 Å². The number of nitrogens with one attached hydrogen (secondary N) is 1. The van der Waals surface area contributed by atoms with Gasteiger partial charge in [-0.1, -0.05) is 18.2 Å². The molecule has 0 aromatic heterocycles. The summed E-state index contributed by atoms with van der Waals surface area (Å²) in [5, 5.41) is 3.55. The van der Waals surface area contributed by atoms with Crippen molar-refractivity contribution >= 4 is 11.5 Å². The zero-order chi connectivity index (χ0) is 22.0. The van der Waals surface area contributed by atoms with Crippen LogP contribution in [0.15, 0.2) is 72.2 Å². The first-order chi connectivity index (χ1) is 15.0. The number of hydrogen-bond acceptors (Lipinski definition) is 5. The number of allylic oxidation sites excluding steroid dienone is 6. The summed E-state index contributed by atoms with van der Waals surface area (Å²) in [5.41, 5.74) is 3.61. The van der Waals surface area contributed by atoms with Crippen LogP contribution in [0.25, 0.3) is 5.57 Å². The first-order valence-corrected chi connectivity index (χ1v) is 10.5. The Morgan fingerprint density at radius 1 is 0.968 bits per heavy atom. The van der Waals surface area contributed by atoms with Gasteiger partial charge >= 0.3 is 0 Å². The predicted octanol–water partition coefficient (Wildman–Crippen LogP) is 3.46. The van der Waals surface area contributed by atoms with E-state index in [9.17, 15) is 4.79 Å². The summed E-state index contributed by atoms with van der Waals surface area (Å²) in [6.45, 7) is 6.19. The van der Waals surface area contributed by atoms with Crippen molar-refractivity contribution in [1.82, 2.24) is 15.1 Å². The molecule has 0 aliphatic carbocycles. The van der Waals surface area contributed by atoms with E-state index < -0.39 is 0 Å². The van der Waals surface area contributed by atoms with Gasteiger partial charge in [0.25, 0.3) is 5.91 Å². The second-order valence-corrected chi connectivity index (χ2v) is 8.09. The van der Waals surface area contributed by atoms with Gasteiger partial charge in [-0.3, -0.25) is 9.69 Å². The Bertz CT molecular complexity index is 1010. The topological polar surface area (TPSA) is 54.0 Å². The number of piperazine rings is 1. The van der Waals surface area contributed by atoms with E-state index in [0.717, 1.165) is 35.6 Å². The number of carbonyl (C=O) groups is 1. The summed E-state index contributed by atoms with van der Waals surface area (Å²) >= 11 is 0. The third-order valence-corrected chi connectivity index (χ3v) is 5.66. The number of fused-ring (bicyclic) bond motifs is 1. The van der Waals surface area contributed by atoms with Gasteiger partial charge in [-0.05, 0) is 55.3 Å². The smallest absolute Gasteiger partial charge is 0.255 e. The van der Waals surface area contributed by atoms with Crippen LogP contribution < -0.4 is 14.8 Å². The van der Waals surface area contributed by atoms with E-state index in [4.69, 9.17) is 9.47 Å². The molecular formula is C25H29N3O3. The monoisotopic (exact) mass is 419 g/mol. The van der Waals surface area contributed by atoms with E-state index in [1.165, 1.54) is 0 Å². The third kappa shape index (κ3) is 4.44. The Kier molecular flexibility index (Phi) is 6.00. The number of methoxy groups -OCH3 is 2. The Morgan fingerprint density at radius 3 is 2.39 bits per heavy atom. The summed E-state index contributed by atoms with van der Waals surface area (Å²) < 4.78 is 10.7. The summed E-state index contributed by atoms with van der Waals surface area (Å²) in [4.78, 5) is 17.3. The highest BCUT2D eigenvalue weighted by Gasteiger charge is 2.25. The normalized spacial score (nSPS) is 27.7. The Hall–Kier alpha value is -3.25. The second-order valence-electron chi connectivity index (χ2n) is 8.09. The summed E-state index contributed by atoms with van der Waals surface area (Å²) in [6, 6.07) is 6.46. The van der Waals surface area contributed by atoms with Gasteiger partial charge in [0.05, 0.1) is 19.9 Å². The molecule has 0 unspecified atom stereocenters. The molecule has 1 aromatic carbocycles. The average Bonchev–Trinajstić information content (AvgIpc) is 2.76. The number of nitrogens with zero attached hydrogens (tertiary/aromatic N) is 2. The van der Waals surface area contributed by atoms with Gasteiger partial charge in [0.15, 0.2) is 11.5 Å². The van der Waals surface area contributed by atoms with Crippen molar-refractivity contribution in [2.24, 2.45) is 0 Å². The SMILES string of the molecule is COc1ccc(C2=C\C(=O)N3C=C(N4C[C@@H](C)N[C@@H](C)C4)C=C\C3=C/C=C/2)cc1OC. The van der Waals surface area contributed by atoms with Crippen LogP contribution >= 0.6 is 0 Å². The minimum absolute atomic E-state index is 0.0848. The van der Waals surface area contributed by atoms with E-state index in [0.29, 0.717) is 23.6 Å². The number of benzene rings is 1. The van der Waals surface area contributed by atoms with Crippen LogP contribution in [0.1, 0.15) is 19.4 Å². The third-order valence-electron chi connectivity index (χ3n) is 5.66. The van der Waals surface area contributed by atoms with Crippen LogP contribution in [0.2, 0.25) is 0 Å². The van der Waals surface area contributed by atoms with E-state index >= 15 is 0 Å². The molecule has 3 aliphatic heterocycles. The minimum atomic E-state index is -0.0848. The highest BCUT2D eigenvalue weighted by Crippen LogP contribution is 2.32. The van der Waals surface area contributed by atoms with Gasteiger partial charge < -0.3 is 19.7 Å². The fraction of sp³-hybridized carbons (Fsp3) is 0.320. The Balaban J connectivity index is 1.64. The molecule has 0 bridgehead atoms. The molecule has 1 N–H and O–H groups in total. The van der Waals surface area contributed by atoms with Crippen LogP contribution in [0.5, 0.6) is 11.5 Å². The molecule has 1 aromatic rings. The lowest BCUT2D eigenvalue weighted by atomic mass is 10.0. The molecule has 0 spiro atoms. The van der Waals surface area contributed by atoms with Crippen LogP contribution in [0.4, 0.5) is 0 Å². The van der Waals surface area contributed by atoms with E-state index in [2.05, 4.69) is 30.1 Å². The largest absolute Gasteiger partial charge is 0.493 e. The van der Waals surface area contributed by atoms with Gasteiger partial charge in [0.2, 0.25) is 0 Å². The second kappa shape index (κ2) is 8.86. The fourth-order valence-corrected chi connectivity index (χ4v) is 4.25. The molecule has 1 amide bonds. The molecule has 4 rings (SSSR count). The number of hydrogen-bond donors (Lipinski definition) is 1. The van der Waals surface area contributed by atoms with E-state index in [-0.39, 0.29) is 5.91 Å². The van der Waals surface area contributed by atoms with Crippen molar-refractivity contribution in [2.75, 3.05) is 27.3 Å². The van der Waals surface area contributed by atoms with Gasteiger partial charge in [-0.2, -0.15) is 0 Å². The number of ether oxygens (including phenoxy) is 2. The highest BCUT2D eigenvalue weighted by molar-refractivity contribution is 6.00. The lowest BCUT2D eigenvalue weighted by Crippen LogP contribution is -2.53. The van der Waals surface area contributed by atoms with Crippen molar-refractivity contribution in [2.45, 2.75) is 25.9 Å². The summed E-state index contributed by atoms with van der Waals surface area (Å²) in [6.07, 6.45) is 13.6. The molecule has 0 saturated carbocycles. The molecule has 31 heavy (non-hydrogen) atoms. The Labute approximate surface area is 183 Å². The molecule has 0 radical (unpaired) electrons. The highest BCUT2D eigenvalue weighted by atomic mass is 16.5. The first kappa shape index (κ1) is 21.0. The quantitative estimate of drug-likeness (QED) is 0.810. The lowest BCUT2D eigenvalue weighted by molar-refractivity contribution is -0.122. The molecule has 3 aliphatic rings. The first-order valence-electron chi connectivity index (χ1n) is 10.5. The maximum Gasteiger partial charge on any atom is 0.255 e. The van der Waals surface area contributed by atoms with Crippen LogP contribution in [0, 0.1) is 0 Å². The molecule has 162 valence electrons. The maximum atomic E-state index is 13.2. The van der Waals surface area contributed by atoms with Crippen LogP contribution in [-0.4, -0.2) is 55.1 Å². The minimum Gasteiger partial charge on any atom is -0.493 e. The lowest BCUT2D eigenvalue weighted by Gasteiger charge is -2.39. The van der Waals surface area contributed by atoms with Crippen LogP contribution in [-0.2, 0) is 4.79 Å². The van der Waals surface area contributed by atoms with Crippen LogP contribution in [0.3, 0.4) is 0 Å². The van der Waals surface area contributed by atoms with Gasteiger partial charge in [-0.25, -0.2) is 0 Å². The maximum absolute atomic E-state index is 13.2. The zero-order valence-corrected chi connectivity index (χ0v) is 18.5. The van der Waals surface area contributed by atoms with Gasteiger partial charge in [-0.15, -0.1) is 0 Å². The summed E-state index contributed by atoms with van der Waals surface area (Å²) in [5.74, 6) is 1.20. The Morgan fingerprint density at radius 2 is 1.68 bits per heavy atom. The van der Waals surface area contributed by atoms with Crippen molar-refractivity contribution < 1.29 is 14.3 Å². The molecule has 6 nitrogen and oxygen atoms in total. The molecule has 2 atom stereocenters. The number of rotatable bonds is 4. The molecular weight excluding hydrogens is 390 g/mol. The predicted molar refractivity (Wildman–Crippen MR) is 122 cm³/mol. The van der Waals surface area contributed by atoms with E-state index in [1.807, 2.05) is 48.7 Å². The fourth-order valence-electron chi connectivity index (χ4n) is 4.25. The van der Waals surface area contributed by atoms with Crippen molar-refractivity contribution in [3.8, 4) is 11.5 Å². The molecule has 3 heterocycles. The van der Waals surface area contributed by atoms with E-state index in [1.54, 1.807) is 25.2 Å². The van der Waals surface area contributed by atoms with Gasteiger partial charge in [0, 0.05) is 43.1 Å². The summed E-state index contributed by atoms with van der Waals surface area (Å²) in [7, 11) is 3.21. The van der Waals surface area contributed by atoms with Crippen molar-refractivity contribution in [3.63, 3.8) is 0 Å². The standard InChI is InChI=1S/C25H29N3O3/c1-17-14-27(15-18(2)26-17)22-10-9-21-7-5-6-19(13-25(29)28(21)16-22)20-8-11-23(30-3)24(12-20)31-4/h5-13,16-18,26H,14-15H2,1-4H3/b6-5+,19-13+,21-7+/t17-,18+. The molecule has 6 heteroatoms. The number of carbonyl (C=O) groups excluding carboxylic acids is 1. The average molecular weight is 420 g/mol. The molecule has 1 fully saturated rings. The van der Waals surface area contributed by atoms with Crippen molar-refractivity contribution in [3.05, 3.63) is 77.8 Å². The zero-order valence-electron chi connectivity index (χ0n) is 18.5. The number of amides is 1. The van der Waals surface area contributed by atoms with Crippen molar-refractivity contribution in [1.29, 1.82) is 0 Å². The molecule has 1 saturated heterocycles.